The number of nitrogens with zero attached hydrogens (tertiary/aromatic N) is 2. The third kappa shape index (κ3) is 2.77. The van der Waals surface area contributed by atoms with E-state index in [4.69, 9.17) is 4.74 Å². The van der Waals surface area contributed by atoms with Gasteiger partial charge in [-0.3, -0.25) is 14.4 Å². The molecule has 4 rings (SSSR count). The van der Waals surface area contributed by atoms with Gasteiger partial charge in [0.15, 0.2) is 0 Å². The number of ether oxygens (including phenoxy) is 1. The third-order valence-electron chi connectivity index (χ3n) is 5.22. The van der Waals surface area contributed by atoms with Crippen molar-refractivity contribution in [3.8, 4) is 5.75 Å². The molecule has 6 nitrogen and oxygen atoms in total. The number of carbonyl (C=O) groups excluding carboxylic acids is 3. The fourth-order valence-electron chi connectivity index (χ4n) is 3.96. The van der Waals surface area contributed by atoms with E-state index in [0.717, 1.165) is 6.42 Å². The highest BCUT2D eigenvalue weighted by atomic mass is 16.5. The smallest absolute Gasteiger partial charge is 0.256 e. The van der Waals surface area contributed by atoms with E-state index in [1.54, 1.807) is 48.5 Å². The van der Waals surface area contributed by atoms with Crippen molar-refractivity contribution in [2.45, 2.75) is 31.3 Å². The van der Waals surface area contributed by atoms with Crippen LogP contribution in [0.5, 0.6) is 5.75 Å². The molecular formula is C21H20N2O4. The second-order valence-corrected chi connectivity index (χ2v) is 6.72. The van der Waals surface area contributed by atoms with Crippen molar-refractivity contribution in [3.63, 3.8) is 0 Å². The average Bonchev–Trinajstić information content (AvgIpc) is 2.72. The molecule has 2 fully saturated rings. The van der Waals surface area contributed by atoms with Gasteiger partial charge in [-0.15, -0.1) is 0 Å². The standard InChI is InChI=1S/C21H20N2O4/c1-27-18-13-6-5-10-15(18)23-20(25)16-11-7-12-17(21(23)26)22(16)19(24)14-8-3-2-4-9-14/h2-6,8-10,13,16-17H,7,11-12H2,1H3/t16-,17+. The number of carbonyl (C=O) groups is 3. The summed E-state index contributed by atoms with van der Waals surface area (Å²) in [6.07, 6.45) is 1.84. The lowest BCUT2D eigenvalue weighted by atomic mass is 9.88. The van der Waals surface area contributed by atoms with Gasteiger partial charge in [0.05, 0.1) is 12.8 Å². The van der Waals surface area contributed by atoms with Crippen LogP contribution in [0.2, 0.25) is 0 Å². The molecule has 2 bridgehead atoms. The van der Waals surface area contributed by atoms with Crippen LogP contribution in [-0.4, -0.2) is 41.8 Å². The molecule has 3 amide bonds. The van der Waals surface area contributed by atoms with Crippen LogP contribution in [0.3, 0.4) is 0 Å². The Morgan fingerprint density at radius 1 is 0.926 bits per heavy atom. The van der Waals surface area contributed by atoms with Crippen molar-refractivity contribution in [1.82, 2.24) is 4.90 Å². The van der Waals surface area contributed by atoms with Crippen molar-refractivity contribution in [2.75, 3.05) is 12.0 Å². The minimum absolute atomic E-state index is 0.272. The molecule has 6 heteroatoms. The number of hydrogen-bond donors (Lipinski definition) is 0. The molecule has 2 aliphatic heterocycles. The van der Waals surface area contributed by atoms with E-state index in [0.29, 0.717) is 29.8 Å². The molecule has 2 atom stereocenters. The van der Waals surface area contributed by atoms with Gasteiger partial charge < -0.3 is 9.64 Å². The first-order valence-corrected chi connectivity index (χ1v) is 9.02. The van der Waals surface area contributed by atoms with Crippen LogP contribution in [0, 0.1) is 0 Å². The van der Waals surface area contributed by atoms with Gasteiger partial charge in [-0.25, -0.2) is 4.90 Å². The van der Waals surface area contributed by atoms with Gasteiger partial charge in [-0.1, -0.05) is 30.3 Å². The van der Waals surface area contributed by atoms with E-state index < -0.39 is 12.1 Å². The summed E-state index contributed by atoms with van der Waals surface area (Å²) in [5.74, 6) is -0.554. The van der Waals surface area contributed by atoms with Gasteiger partial charge in [0.2, 0.25) is 0 Å². The second kappa shape index (κ2) is 6.87. The molecule has 27 heavy (non-hydrogen) atoms. The lowest BCUT2D eigenvalue weighted by molar-refractivity contribution is -0.140. The van der Waals surface area contributed by atoms with Crippen molar-refractivity contribution >= 4 is 23.4 Å². The number of imide groups is 1. The number of fused-ring (bicyclic) bond motifs is 2. The predicted molar refractivity (Wildman–Crippen MR) is 99.5 cm³/mol. The normalized spacial score (nSPS) is 22.0. The molecule has 138 valence electrons. The van der Waals surface area contributed by atoms with Crippen molar-refractivity contribution in [3.05, 3.63) is 60.2 Å². The Morgan fingerprint density at radius 2 is 1.52 bits per heavy atom. The van der Waals surface area contributed by atoms with Gasteiger partial charge in [0, 0.05) is 5.56 Å². The number of para-hydroxylation sites is 2. The van der Waals surface area contributed by atoms with E-state index >= 15 is 0 Å². The molecule has 0 saturated carbocycles. The molecule has 0 radical (unpaired) electrons. The minimum Gasteiger partial charge on any atom is -0.495 e. The number of amides is 3. The van der Waals surface area contributed by atoms with Crippen LogP contribution in [0.15, 0.2) is 54.6 Å². The van der Waals surface area contributed by atoms with E-state index in [1.807, 2.05) is 6.07 Å². The number of piperazine rings is 1. The minimum atomic E-state index is -0.640. The predicted octanol–water partition coefficient (Wildman–Crippen LogP) is 2.63. The van der Waals surface area contributed by atoms with Gasteiger partial charge in [0.25, 0.3) is 17.7 Å². The molecule has 2 aliphatic rings. The maximum Gasteiger partial charge on any atom is 0.256 e. The summed E-state index contributed by atoms with van der Waals surface area (Å²) >= 11 is 0. The lowest BCUT2D eigenvalue weighted by Gasteiger charge is -2.47. The van der Waals surface area contributed by atoms with Crippen LogP contribution in [0.4, 0.5) is 5.69 Å². The van der Waals surface area contributed by atoms with Gasteiger partial charge in [-0.2, -0.15) is 0 Å². The molecule has 2 aromatic carbocycles. The number of rotatable bonds is 3. The number of methoxy groups -OCH3 is 1. The Hall–Kier alpha value is -3.15. The monoisotopic (exact) mass is 364 g/mol. The Bertz CT molecular complexity index is 872. The maximum absolute atomic E-state index is 13.2. The zero-order chi connectivity index (χ0) is 19.0. The number of benzene rings is 2. The summed E-state index contributed by atoms with van der Waals surface area (Å²) in [6, 6.07) is 14.5. The number of anilines is 1. The first-order chi connectivity index (χ1) is 13.1. The van der Waals surface area contributed by atoms with E-state index in [9.17, 15) is 14.4 Å². The molecule has 0 N–H and O–H groups in total. The van der Waals surface area contributed by atoms with E-state index in [-0.39, 0.29) is 17.7 Å². The summed E-state index contributed by atoms with van der Waals surface area (Å²) in [5, 5.41) is 0. The lowest BCUT2D eigenvalue weighted by Crippen LogP contribution is -2.68. The topological polar surface area (TPSA) is 66.9 Å². The molecule has 0 unspecified atom stereocenters. The summed E-state index contributed by atoms with van der Waals surface area (Å²) in [5.41, 5.74) is 0.916. The largest absolute Gasteiger partial charge is 0.495 e. The third-order valence-corrected chi connectivity index (χ3v) is 5.22. The van der Waals surface area contributed by atoms with Gasteiger partial charge in [0.1, 0.15) is 17.8 Å². The summed E-state index contributed by atoms with van der Waals surface area (Å²) < 4.78 is 5.33. The summed E-state index contributed by atoms with van der Waals surface area (Å²) in [6.45, 7) is 0. The van der Waals surface area contributed by atoms with Gasteiger partial charge in [-0.05, 0) is 43.5 Å². The molecule has 2 saturated heterocycles. The highest BCUT2D eigenvalue weighted by Crippen LogP contribution is 2.37. The Morgan fingerprint density at radius 3 is 2.15 bits per heavy atom. The quantitative estimate of drug-likeness (QED) is 0.786. The molecule has 0 aliphatic carbocycles. The van der Waals surface area contributed by atoms with Crippen LogP contribution < -0.4 is 9.64 Å². The molecular weight excluding hydrogens is 344 g/mol. The van der Waals surface area contributed by atoms with Crippen molar-refractivity contribution < 1.29 is 19.1 Å². The zero-order valence-corrected chi connectivity index (χ0v) is 15.0. The van der Waals surface area contributed by atoms with E-state index in [1.165, 1.54) is 16.9 Å². The fraction of sp³-hybridized carbons (Fsp3) is 0.286. The van der Waals surface area contributed by atoms with Crippen molar-refractivity contribution in [2.24, 2.45) is 0 Å². The summed E-state index contributed by atoms with van der Waals surface area (Å²) in [4.78, 5) is 42.2. The van der Waals surface area contributed by atoms with Gasteiger partial charge >= 0.3 is 0 Å². The Labute approximate surface area is 157 Å². The number of hydrogen-bond acceptors (Lipinski definition) is 4. The first kappa shape index (κ1) is 17.3. The zero-order valence-electron chi connectivity index (χ0n) is 15.0. The highest BCUT2D eigenvalue weighted by molar-refractivity contribution is 6.23. The Balaban J connectivity index is 1.74. The second-order valence-electron chi connectivity index (χ2n) is 6.72. The number of piperidine rings is 1. The van der Waals surface area contributed by atoms with Crippen molar-refractivity contribution in [1.29, 1.82) is 0 Å². The SMILES string of the molecule is COc1ccccc1N1C(=O)[C@H]2CCC[C@@H](C1=O)N2C(=O)c1ccccc1. The molecule has 2 aromatic rings. The Kier molecular flexibility index (Phi) is 4.39. The van der Waals surface area contributed by atoms with Crippen LogP contribution in [0.25, 0.3) is 0 Å². The van der Waals surface area contributed by atoms with Crippen LogP contribution in [0.1, 0.15) is 29.6 Å². The highest BCUT2D eigenvalue weighted by Gasteiger charge is 2.51. The van der Waals surface area contributed by atoms with Crippen LogP contribution >= 0.6 is 0 Å². The summed E-state index contributed by atoms with van der Waals surface area (Å²) in [7, 11) is 1.50. The maximum atomic E-state index is 13.2. The van der Waals surface area contributed by atoms with Crippen LogP contribution in [-0.2, 0) is 9.59 Å². The molecule has 2 heterocycles. The first-order valence-electron chi connectivity index (χ1n) is 9.02. The molecule has 0 spiro atoms. The fourth-order valence-corrected chi connectivity index (χ4v) is 3.96. The van der Waals surface area contributed by atoms with E-state index in [2.05, 4.69) is 0 Å². The average molecular weight is 364 g/mol. The molecule has 0 aromatic heterocycles.